The molecule has 8 nitrogen and oxygen atoms in total. The van der Waals surface area contributed by atoms with Crippen LogP contribution in [0.2, 0.25) is 0 Å². The van der Waals surface area contributed by atoms with Gasteiger partial charge in [-0.1, -0.05) is 11.8 Å². The molecule has 0 saturated heterocycles. The summed E-state index contributed by atoms with van der Waals surface area (Å²) >= 11 is 2.71. The lowest BCUT2D eigenvalue weighted by Gasteiger charge is -2.05. The molecule has 0 aliphatic carbocycles. The Morgan fingerprint density at radius 2 is 2.11 bits per heavy atom. The zero-order valence-corrected chi connectivity index (χ0v) is 15.8. The summed E-state index contributed by atoms with van der Waals surface area (Å²) in [6, 6.07) is 7.54. The van der Waals surface area contributed by atoms with Crippen molar-refractivity contribution in [1.29, 1.82) is 0 Å². The van der Waals surface area contributed by atoms with Crippen LogP contribution in [0.3, 0.4) is 0 Å². The predicted molar refractivity (Wildman–Crippen MR) is 105 cm³/mol. The number of aromatic nitrogens is 5. The molecule has 0 aliphatic heterocycles. The molecule has 10 heteroatoms. The lowest BCUT2D eigenvalue weighted by atomic mass is 10.3. The Balaban J connectivity index is 1.54. The molecule has 0 atom stereocenters. The standard InChI is InChI=1S/C17H14N6O2S2/c1-25-12-4-2-11(3-5-12)23-15-13(8-21-23)16(20-10-19-15)27-9-14(24)22-17-18-6-7-26-17/h2-8,10H,9H2,1H3,(H,18,22,24). The second-order valence-electron chi connectivity index (χ2n) is 5.34. The molecule has 0 saturated carbocycles. The van der Waals surface area contributed by atoms with Gasteiger partial charge in [-0.3, -0.25) is 4.79 Å². The number of hydrogen-bond acceptors (Lipinski definition) is 8. The third-order valence-corrected chi connectivity index (χ3v) is 5.36. The molecule has 4 aromatic rings. The maximum Gasteiger partial charge on any atom is 0.236 e. The van der Waals surface area contributed by atoms with Crippen molar-refractivity contribution in [2.24, 2.45) is 0 Å². The quantitative estimate of drug-likeness (QED) is 0.394. The fourth-order valence-electron chi connectivity index (χ4n) is 2.42. The van der Waals surface area contributed by atoms with Crippen molar-refractivity contribution in [1.82, 2.24) is 24.7 Å². The maximum atomic E-state index is 12.1. The number of ether oxygens (including phenoxy) is 1. The number of methoxy groups -OCH3 is 1. The number of carbonyl (C=O) groups is 1. The predicted octanol–water partition coefficient (Wildman–Crippen LogP) is 3.01. The Labute approximate surface area is 162 Å². The fraction of sp³-hybridized carbons (Fsp3) is 0.118. The molecule has 3 heterocycles. The van der Waals surface area contributed by atoms with Crippen molar-refractivity contribution >= 4 is 45.2 Å². The molecule has 0 bridgehead atoms. The number of fused-ring (bicyclic) bond motifs is 1. The minimum Gasteiger partial charge on any atom is -0.497 e. The number of thiazole rings is 1. The zero-order chi connectivity index (χ0) is 18.6. The highest BCUT2D eigenvalue weighted by Gasteiger charge is 2.13. The summed E-state index contributed by atoms with van der Waals surface area (Å²) in [6.07, 6.45) is 4.83. The largest absolute Gasteiger partial charge is 0.497 e. The van der Waals surface area contributed by atoms with Crippen molar-refractivity contribution in [2.45, 2.75) is 5.03 Å². The summed E-state index contributed by atoms with van der Waals surface area (Å²) in [5.41, 5.74) is 1.54. The molecule has 0 spiro atoms. The van der Waals surface area contributed by atoms with Gasteiger partial charge in [0.15, 0.2) is 10.8 Å². The van der Waals surface area contributed by atoms with Crippen molar-refractivity contribution in [3.63, 3.8) is 0 Å². The van der Waals surface area contributed by atoms with E-state index in [1.807, 2.05) is 29.6 Å². The molecular weight excluding hydrogens is 384 g/mol. The van der Waals surface area contributed by atoms with E-state index in [1.54, 1.807) is 24.2 Å². The highest BCUT2D eigenvalue weighted by Crippen LogP contribution is 2.26. The first kappa shape index (κ1) is 17.4. The number of thioether (sulfide) groups is 1. The number of hydrogen-bond donors (Lipinski definition) is 1. The second kappa shape index (κ2) is 7.72. The van der Waals surface area contributed by atoms with Crippen LogP contribution in [0, 0.1) is 0 Å². The molecule has 0 unspecified atom stereocenters. The van der Waals surface area contributed by atoms with Crippen LogP contribution in [0.15, 0.2) is 53.4 Å². The van der Waals surface area contributed by atoms with Gasteiger partial charge in [0.2, 0.25) is 5.91 Å². The van der Waals surface area contributed by atoms with Crippen LogP contribution in [-0.4, -0.2) is 43.5 Å². The van der Waals surface area contributed by atoms with Gasteiger partial charge in [0.1, 0.15) is 17.1 Å². The number of benzene rings is 1. The van der Waals surface area contributed by atoms with Gasteiger partial charge in [0.05, 0.1) is 30.1 Å². The zero-order valence-electron chi connectivity index (χ0n) is 14.2. The first-order valence-electron chi connectivity index (χ1n) is 7.90. The monoisotopic (exact) mass is 398 g/mol. The van der Waals surface area contributed by atoms with E-state index in [0.717, 1.165) is 16.8 Å². The highest BCUT2D eigenvalue weighted by atomic mass is 32.2. The van der Waals surface area contributed by atoms with Crippen molar-refractivity contribution < 1.29 is 9.53 Å². The maximum absolute atomic E-state index is 12.1. The first-order chi connectivity index (χ1) is 13.2. The molecule has 3 aromatic heterocycles. The molecule has 0 fully saturated rings. The van der Waals surface area contributed by atoms with Crippen LogP contribution in [0.5, 0.6) is 5.75 Å². The van der Waals surface area contributed by atoms with Crippen molar-refractivity contribution in [3.8, 4) is 11.4 Å². The van der Waals surface area contributed by atoms with E-state index in [0.29, 0.717) is 15.8 Å². The number of nitrogens with zero attached hydrogens (tertiary/aromatic N) is 5. The van der Waals surface area contributed by atoms with Crippen LogP contribution < -0.4 is 10.1 Å². The van der Waals surface area contributed by atoms with E-state index in [9.17, 15) is 4.79 Å². The molecule has 27 heavy (non-hydrogen) atoms. The van der Waals surface area contributed by atoms with Gasteiger partial charge in [0, 0.05) is 11.6 Å². The molecule has 0 radical (unpaired) electrons. The molecule has 1 aromatic carbocycles. The van der Waals surface area contributed by atoms with Gasteiger partial charge in [-0.05, 0) is 24.3 Å². The summed E-state index contributed by atoms with van der Waals surface area (Å²) in [5, 5.41) is 11.1. The SMILES string of the molecule is COc1ccc(-n2ncc3c(SCC(=O)Nc4nccs4)ncnc32)cc1. The summed E-state index contributed by atoms with van der Waals surface area (Å²) in [6.45, 7) is 0. The first-order valence-corrected chi connectivity index (χ1v) is 9.76. The molecule has 0 aliphatic rings. The van der Waals surface area contributed by atoms with E-state index >= 15 is 0 Å². The second-order valence-corrected chi connectivity index (χ2v) is 7.20. The summed E-state index contributed by atoms with van der Waals surface area (Å²) in [4.78, 5) is 24.7. The van der Waals surface area contributed by atoms with Crippen molar-refractivity contribution in [2.75, 3.05) is 18.2 Å². The van der Waals surface area contributed by atoms with E-state index < -0.39 is 0 Å². The number of amides is 1. The van der Waals surface area contributed by atoms with E-state index in [1.165, 1.54) is 29.4 Å². The Bertz CT molecular complexity index is 1060. The van der Waals surface area contributed by atoms with E-state index in [2.05, 4.69) is 25.4 Å². The van der Waals surface area contributed by atoms with Crippen LogP contribution >= 0.6 is 23.1 Å². The number of carbonyl (C=O) groups excluding carboxylic acids is 1. The van der Waals surface area contributed by atoms with Gasteiger partial charge in [-0.15, -0.1) is 11.3 Å². The molecule has 136 valence electrons. The van der Waals surface area contributed by atoms with Gasteiger partial charge in [-0.25, -0.2) is 19.6 Å². The van der Waals surface area contributed by atoms with Crippen LogP contribution in [0.4, 0.5) is 5.13 Å². The smallest absolute Gasteiger partial charge is 0.236 e. The highest BCUT2D eigenvalue weighted by molar-refractivity contribution is 8.00. The van der Waals surface area contributed by atoms with E-state index in [4.69, 9.17) is 4.74 Å². The van der Waals surface area contributed by atoms with Gasteiger partial charge in [-0.2, -0.15) is 5.10 Å². The fourth-order valence-corrected chi connectivity index (χ4v) is 3.73. The number of anilines is 1. The van der Waals surface area contributed by atoms with Crippen LogP contribution in [-0.2, 0) is 4.79 Å². The van der Waals surface area contributed by atoms with Crippen LogP contribution in [0.25, 0.3) is 16.7 Å². The average molecular weight is 398 g/mol. The average Bonchev–Trinajstić information content (AvgIpc) is 3.36. The Kier molecular flexibility index (Phi) is 4.99. The third kappa shape index (κ3) is 3.76. The van der Waals surface area contributed by atoms with Gasteiger partial charge < -0.3 is 10.1 Å². The number of nitrogens with one attached hydrogen (secondary N) is 1. The lowest BCUT2D eigenvalue weighted by Crippen LogP contribution is -2.13. The summed E-state index contributed by atoms with van der Waals surface area (Å²) in [7, 11) is 1.62. The normalized spacial score (nSPS) is 10.9. The summed E-state index contributed by atoms with van der Waals surface area (Å²) in [5.74, 6) is 0.857. The third-order valence-electron chi connectivity index (χ3n) is 3.66. The Morgan fingerprint density at radius 3 is 2.85 bits per heavy atom. The van der Waals surface area contributed by atoms with Gasteiger partial charge in [0.25, 0.3) is 0 Å². The van der Waals surface area contributed by atoms with Crippen LogP contribution in [0.1, 0.15) is 0 Å². The minimum atomic E-state index is -0.135. The van der Waals surface area contributed by atoms with E-state index in [-0.39, 0.29) is 11.7 Å². The molecule has 1 N–H and O–H groups in total. The Hall–Kier alpha value is -2.98. The lowest BCUT2D eigenvalue weighted by molar-refractivity contribution is -0.113. The topological polar surface area (TPSA) is 94.8 Å². The summed E-state index contributed by atoms with van der Waals surface area (Å²) < 4.78 is 6.92. The van der Waals surface area contributed by atoms with Crippen molar-refractivity contribution in [3.05, 3.63) is 48.4 Å². The van der Waals surface area contributed by atoms with Gasteiger partial charge >= 0.3 is 0 Å². The molecule has 4 rings (SSSR count). The minimum absolute atomic E-state index is 0.135. The number of rotatable bonds is 6. The molecular formula is C17H14N6O2S2. The Morgan fingerprint density at radius 1 is 1.26 bits per heavy atom. The molecule has 1 amide bonds.